The van der Waals surface area contributed by atoms with Crippen molar-refractivity contribution in [2.45, 2.75) is 19.4 Å². The highest BCUT2D eigenvalue weighted by Gasteiger charge is 1.99. The summed E-state index contributed by atoms with van der Waals surface area (Å²) in [5, 5.41) is 1.19. The van der Waals surface area contributed by atoms with E-state index in [0.29, 0.717) is 0 Å². The minimum atomic E-state index is 0.212. The van der Waals surface area contributed by atoms with Crippen LogP contribution in [0, 0.1) is 0 Å². The summed E-state index contributed by atoms with van der Waals surface area (Å²) in [5.41, 5.74) is 8.07. The molecule has 1 heterocycles. The highest BCUT2D eigenvalue weighted by molar-refractivity contribution is 5.78. The van der Waals surface area contributed by atoms with Crippen LogP contribution in [0.3, 0.4) is 0 Å². The Hall–Kier alpha value is -1.41. The Morgan fingerprint density at radius 1 is 1.36 bits per heavy atom. The largest absolute Gasteiger partial charge is 0.328 e. The van der Waals surface area contributed by atoms with E-state index < -0.39 is 0 Å². The summed E-state index contributed by atoms with van der Waals surface area (Å²) in [5.74, 6) is 0. The van der Waals surface area contributed by atoms with E-state index in [4.69, 9.17) is 5.73 Å². The van der Waals surface area contributed by atoms with Crippen molar-refractivity contribution in [1.82, 2.24) is 4.98 Å². The van der Waals surface area contributed by atoms with E-state index in [1.807, 2.05) is 25.3 Å². The van der Waals surface area contributed by atoms with E-state index in [2.05, 4.69) is 23.2 Å². The van der Waals surface area contributed by atoms with Crippen LogP contribution in [0.4, 0.5) is 0 Å². The number of hydrogen-bond acceptors (Lipinski definition) is 2. The molecule has 1 atom stereocenters. The second-order valence-corrected chi connectivity index (χ2v) is 3.71. The summed E-state index contributed by atoms with van der Waals surface area (Å²) < 4.78 is 0. The quantitative estimate of drug-likeness (QED) is 0.780. The molecule has 1 unspecified atom stereocenters. The van der Waals surface area contributed by atoms with Crippen molar-refractivity contribution < 1.29 is 0 Å². The Morgan fingerprint density at radius 3 is 3.00 bits per heavy atom. The third kappa shape index (κ3) is 1.91. The Kier molecular flexibility index (Phi) is 2.46. The normalized spacial score (nSPS) is 13.0. The van der Waals surface area contributed by atoms with Gasteiger partial charge >= 0.3 is 0 Å². The fraction of sp³-hybridized carbons (Fsp3) is 0.250. The number of hydrogen-bond donors (Lipinski definition) is 1. The maximum Gasteiger partial charge on any atom is 0.0702 e. The first-order valence-electron chi connectivity index (χ1n) is 4.85. The van der Waals surface area contributed by atoms with Gasteiger partial charge in [0.25, 0.3) is 0 Å². The van der Waals surface area contributed by atoms with Crippen molar-refractivity contribution in [1.29, 1.82) is 0 Å². The van der Waals surface area contributed by atoms with Gasteiger partial charge in [-0.05, 0) is 37.1 Å². The van der Waals surface area contributed by atoms with Gasteiger partial charge in [0, 0.05) is 17.6 Å². The van der Waals surface area contributed by atoms with Gasteiger partial charge in [-0.1, -0.05) is 12.1 Å². The van der Waals surface area contributed by atoms with Crippen molar-refractivity contribution in [2.75, 3.05) is 0 Å². The molecule has 0 bridgehead atoms. The number of pyridine rings is 1. The maximum absolute atomic E-state index is 5.75. The van der Waals surface area contributed by atoms with E-state index in [1.54, 1.807) is 0 Å². The summed E-state index contributed by atoms with van der Waals surface area (Å²) in [6, 6.07) is 10.5. The Bertz CT molecular complexity index is 435. The van der Waals surface area contributed by atoms with Gasteiger partial charge in [-0.25, -0.2) is 0 Å². The molecule has 0 saturated carbocycles. The summed E-state index contributed by atoms with van der Waals surface area (Å²) >= 11 is 0. The lowest BCUT2D eigenvalue weighted by molar-refractivity contribution is 0.739. The topological polar surface area (TPSA) is 38.9 Å². The minimum Gasteiger partial charge on any atom is -0.328 e. The SMILES string of the molecule is CC(N)Cc1ccc2ncccc2c1. The molecule has 0 fully saturated rings. The van der Waals surface area contributed by atoms with Gasteiger partial charge in [0.05, 0.1) is 5.52 Å². The molecule has 2 heteroatoms. The van der Waals surface area contributed by atoms with Crippen LogP contribution in [0.2, 0.25) is 0 Å². The second-order valence-electron chi connectivity index (χ2n) is 3.71. The first kappa shape index (κ1) is 9.16. The van der Waals surface area contributed by atoms with Gasteiger partial charge in [-0.2, -0.15) is 0 Å². The molecule has 2 aromatic rings. The molecular formula is C12H14N2. The van der Waals surface area contributed by atoms with Gasteiger partial charge in [0.1, 0.15) is 0 Å². The molecule has 0 aliphatic carbocycles. The molecule has 0 aliphatic heterocycles. The van der Waals surface area contributed by atoms with E-state index in [1.165, 1.54) is 10.9 Å². The summed E-state index contributed by atoms with van der Waals surface area (Å²) in [6.45, 7) is 2.02. The molecular weight excluding hydrogens is 172 g/mol. The van der Waals surface area contributed by atoms with Crippen LogP contribution in [0.1, 0.15) is 12.5 Å². The fourth-order valence-electron chi connectivity index (χ4n) is 1.62. The average molecular weight is 186 g/mol. The smallest absolute Gasteiger partial charge is 0.0702 e. The predicted molar refractivity (Wildman–Crippen MR) is 59.1 cm³/mol. The lowest BCUT2D eigenvalue weighted by Gasteiger charge is -2.05. The highest BCUT2D eigenvalue weighted by atomic mass is 14.6. The summed E-state index contributed by atoms with van der Waals surface area (Å²) in [4.78, 5) is 4.27. The van der Waals surface area contributed by atoms with Gasteiger partial charge in [-0.15, -0.1) is 0 Å². The monoisotopic (exact) mass is 186 g/mol. The van der Waals surface area contributed by atoms with Gasteiger partial charge in [0.2, 0.25) is 0 Å². The van der Waals surface area contributed by atoms with Gasteiger partial charge in [0.15, 0.2) is 0 Å². The molecule has 2 rings (SSSR count). The number of aromatic nitrogens is 1. The van der Waals surface area contributed by atoms with Crippen molar-refractivity contribution in [2.24, 2.45) is 5.73 Å². The van der Waals surface area contributed by atoms with Crippen molar-refractivity contribution >= 4 is 10.9 Å². The molecule has 14 heavy (non-hydrogen) atoms. The number of fused-ring (bicyclic) bond motifs is 1. The molecule has 0 saturated heterocycles. The Morgan fingerprint density at radius 2 is 2.21 bits per heavy atom. The lowest BCUT2D eigenvalue weighted by Crippen LogP contribution is -2.17. The van der Waals surface area contributed by atoms with Crippen LogP contribution in [0.15, 0.2) is 36.5 Å². The molecule has 1 aromatic carbocycles. The molecule has 72 valence electrons. The zero-order valence-electron chi connectivity index (χ0n) is 8.27. The molecule has 0 amide bonds. The van der Waals surface area contributed by atoms with E-state index in [-0.39, 0.29) is 6.04 Å². The number of rotatable bonds is 2. The summed E-state index contributed by atoms with van der Waals surface area (Å²) in [6.07, 6.45) is 2.73. The maximum atomic E-state index is 5.75. The first-order valence-corrected chi connectivity index (χ1v) is 4.85. The fourth-order valence-corrected chi connectivity index (χ4v) is 1.62. The molecule has 1 aromatic heterocycles. The third-order valence-electron chi connectivity index (χ3n) is 2.23. The predicted octanol–water partition coefficient (Wildman–Crippen LogP) is 2.12. The van der Waals surface area contributed by atoms with Crippen molar-refractivity contribution in [3.05, 3.63) is 42.1 Å². The zero-order valence-corrected chi connectivity index (χ0v) is 8.27. The van der Waals surface area contributed by atoms with Crippen LogP contribution in [0.25, 0.3) is 10.9 Å². The number of nitrogens with two attached hydrogens (primary N) is 1. The molecule has 0 aliphatic rings. The first-order chi connectivity index (χ1) is 6.75. The zero-order chi connectivity index (χ0) is 9.97. The van der Waals surface area contributed by atoms with Crippen LogP contribution in [0.5, 0.6) is 0 Å². The van der Waals surface area contributed by atoms with Crippen LogP contribution in [-0.2, 0) is 6.42 Å². The molecule has 2 N–H and O–H groups in total. The van der Waals surface area contributed by atoms with Crippen LogP contribution in [-0.4, -0.2) is 11.0 Å². The van der Waals surface area contributed by atoms with Crippen molar-refractivity contribution in [3.63, 3.8) is 0 Å². The Balaban J connectivity index is 2.41. The second kappa shape index (κ2) is 3.76. The summed E-state index contributed by atoms with van der Waals surface area (Å²) in [7, 11) is 0. The average Bonchev–Trinajstić information content (AvgIpc) is 2.17. The van der Waals surface area contributed by atoms with Crippen LogP contribution >= 0.6 is 0 Å². The Labute approximate surface area is 83.8 Å². The van der Waals surface area contributed by atoms with Gasteiger partial charge < -0.3 is 5.73 Å². The highest BCUT2D eigenvalue weighted by Crippen LogP contribution is 2.14. The van der Waals surface area contributed by atoms with E-state index in [9.17, 15) is 0 Å². The standard InChI is InChI=1S/C12H14N2/c1-9(13)7-10-4-5-12-11(8-10)3-2-6-14-12/h2-6,8-9H,7,13H2,1H3. The van der Waals surface area contributed by atoms with Crippen LogP contribution < -0.4 is 5.73 Å². The van der Waals surface area contributed by atoms with Gasteiger partial charge in [-0.3, -0.25) is 4.98 Å². The van der Waals surface area contributed by atoms with Crippen molar-refractivity contribution in [3.8, 4) is 0 Å². The minimum absolute atomic E-state index is 0.212. The third-order valence-corrected chi connectivity index (χ3v) is 2.23. The molecule has 2 nitrogen and oxygen atoms in total. The lowest BCUT2D eigenvalue weighted by atomic mass is 10.1. The number of benzene rings is 1. The molecule has 0 spiro atoms. The molecule has 0 radical (unpaired) electrons. The van der Waals surface area contributed by atoms with E-state index >= 15 is 0 Å². The number of nitrogens with zero attached hydrogens (tertiary/aromatic N) is 1. The van der Waals surface area contributed by atoms with E-state index in [0.717, 1.165) is 11.9 Å².